The summed E-state index contributed by atoms with van der Waals surface area (Å²) in [5, 5.41) is 10.3. The summed E-state index contributed by atoms with van der Waals surface area (Å²) in [4.78, 5) is 8.21. The van der Waals surface area contributed by atoms with Crippen LogP contribution < -0.4 is 10.6 Å². The molecule has 0 amide bonds. The van der Waals surface area contributed by atoms with Gasteiger partial charge in [0.05, 0.1) is 11.6 Å². The van der Waals surface area contributed by atoms with Gasteiger partial charge in [0, 0.05) is 20.6 Å². The number of guanidine groups is 1. The molecule has 0 radical (unpaired) electrons. The van der Waals surface area contributed by atoms with Crippen LogP contribution in [0, 0.1) is 5.82 Å². The van der Waals surface area contributed by atoms with Crippen LogP contribution in [0.15, 0.2) is 29.5 Å². The number of aryl methyl sites for hydroxylation is 1. The van der Waals surface area contributed by atoms with Gasteiger partial charge in [0.15, 0.2) is 5.96 Å². The van der Waals surface area contributed by atoms with Gasteiger partial charge in [-0.15, -0.1) is 24.0 Å². The minimum Gasteiger partial charge on any atom is -0.352 e. The lowest BCUT2D eigenvalue weighted by molar-refractivity contribution is 0.627. The van der Waals surface area contributed by atoms with Crippen LogP contribution in [0.25, 0.3) is 0 Å². The number of halogens is 3. The Bertz CT molecular complexity index is 645. The third kappa shape index (κ3) is 5.09. The van der Waals surface area contributed by atoms with Gasteiger partial charge in [-0.25, -0.2) is 9.37 Å². The van der Waals surface area contributed by atoms with Crippen molar-refractivity contribution in [3.05, 3.63) is 46.8 Å². The maximum Gasteiger partial charge on any atom is 0.191 e. The molecule has 6 nitrogen and oxygen atoms in total. The molecular weight excluding hydrogens is 422 g/mol. The largest absolute Gasteiger partial charge is 0.352 e. The van der Waals surface area contributed by atoms with Crippen molar-refractivity contribution in [3.8, 4) is 0 Å². The lowest BCUT2D eigenvalue weighted by Crippen LogP contribution is -2.36. The van der Waals surface area contributed by atoms with Crippen molar-refractivity contribution in [3.63, 3.8) is 0 Å². The zero-order valence-corrected chi connectivity index (χ0v) is 15.3. The summed E-state index contributed by atoms with van der Waals surface area (Å²) in [7, 11) is 3.49. The van der Waals surface area contributed by atoms with Gasteiger partial charge in [0.1, 0.15) is 18.0 Å². The molecule has 22 heavy (non-hydrogen) atoms. The first kappa shape index (κ1) is 18.6. The van der Waals surface area contributed by atoms with E-state index < -0.39 is 5.82 Å². The van der Waals surface area contributed by atoms with E-state index in [-0.39, 0.29) is 29.0 Å². The zero-order valence-electron chi connectivity index (χ0n) is 12.2. The molecule has 9 heteroatoms. The highest BCUT2D eigenvalue weighted by Crippen LogP contribution is 2.15. The fourth-order valence-corrected chi connectivity index (χ4v) is 1.90. The van der Waals surface area contributed by atoms with E-state index in [2.05, 4.69) is 25.7 Å². The molecule has 2 aromatic rings. The van der Waals surface area contributed by atoms with Crippen molar-refractivity contribution < 1.29 is 4.39 Å². The third-order valence-electron chi connectivity index (χ3n) is 2.89. The summed E-state index contributed by atoms with van der Waals surface area (Å²) in [6.07, 6.45) is 1.49. The summed E-state index contributed by atoms with van der Waals surface area (Å²) < 4.78 is 14.8. The monoisotopic (exact) mass is 438 g/mol. The number of benzene rings is 1. The van der Waals surface area contributed by atoms with E-state index in [4.69, 9.17) is 11.6 Å². The molecule has 0 atom stereocenters. The molecule has 1 heterocycles. The first-order valence-corrected chi connectivity index (χ1v) is 6.69. The summed E-state index contributed by atoms with van der Waals surface area (Å²) in [5.41, 5.74) is 0.864. The third-order valence-corrected chi connectivity index (χ3v) is 3.18. The first-order valence-electron chi connectivity index (χ1n) is 6.31. The Hall–Kier alpha value is -1.42. The Kier molecular flexibility index (Phi) is 7.52. The number of nitrogens with zero attached hydrogens (tertiary/aromatic N) is 4. The minimum atomic E-state index is -0.426. The normalized spacial score (nSPS) is 11.0. The van der Waals surface area contributed by atoms with Gasteiger partial charge in [-0.2, -0.15) is 5.10 Å². The molecule has 1 aromatic carbocycles. The standard InChI is InChI=1S/C13H16ClFN6.HI/c1-16-13(18-7-12-19-8-20-21(12)2)17-6-9-3-4-11(15)10(14)5-9;/h3-5,8H,6-7H2,1-2H3,(H2,16,17,18);1H. The average molecular weight is 439 g/mol. The molecule has 0 saturated carbocycles. The molecule has 0 fully saturated rings. The van der Waals surface area contributed by atoms with Crippen molar-refractivity contribution in [1.29, 1.82) is 0 Å². The fourth-order valence-electron chi connectivity index (χ4n) is 1.70. The number of nitrogens with one attached hydrogen (secondary N) is 2. The molecule has 120 valence electrons. The topological polar surface area (TPSA) is 67.1 Å². The molecule has 0 unspecified atom stereocenters. The molecule has 2 N–H and O–H groups in total. The van der Waals surface area contributed by atoms with Crippen molar-refractivity contribution in [1.82, 2.24) is 25.4 Å². The van der Waals surface area contributed by atoms with Crippen molar-refractivity contribution >= 4 is 41.5 Å². The Balaban J connectivity index is 0.00000242. The van der Waals surface area contributed by atoms with Crippen LogP contribution in [0.5, 0.6) is 0 Å². The van der Waals surface area contributed by atoms with E-state index in [0.717, 1.165) is 11.4 Å². The van der Waals surface area contributed by atoms with Crippen LogP contribution in [0.3, 0.4) is 0 Å². The number of hydrogen-bond acceptors (Lipinski definition) is 3. The maximum atomic E-state index is 13.1. The minimum absolute atomic E-state index is 0. The number of rotatable bonds is 4. The number of aliphatic imine (C=N–C) groups is 1. The van der Waals surface area contributed by atoms with E-state index in [1.807, 2.05) is 7.05 Å². The van der Waals surface area contributed by atoms with E-state index in [0.29, 0.717) is 19.0 Å². The molecule has 0 aliphatic rings. The van der Waals surface area contributed by atoms with E-state index >= 15 is 0 Å². The highest BCUT2D eigenvalue weighted by molar-refractivity contribution is 14.0. The van der Waals surface area contributed by atoms with Crippen LogP contribution in [0.1, 0.15) is 11.4 Å². The van der Waals surface area contributed by atoms with Crippen LogP contribution in [0.4, 0.5) is 4.39 Å². The molecule has 2 rings (SSSR count). The van der Waals surface area contributed by atoms with Crippen LogP contribution >= 0.6 is 35.6 Å². The quantitative estimate of drug-likeness (QED) is 0.436. The van der Waals surface area contributed by atoms with Crippen molar-refractivity contribution in [2.45, 2.75) is 13.1 Å². The first-order chi connectivity index (χ1) is 10.1. The fraction of sp³-hybridized carbons (Fsp3) is 0.308. The second-order valence-electron chi connectivity index (χ2n) is 4.33. The van der Waals surface area contributed by atoms with Gasteiger partial charge >= 0.3 is 0 Å². The number of aromatic nitrogens is 3. The highest BCUT2D eigenvalue weighted by atomic mass is 127. The van der Waals surface area contributed by atoms with E-state index in [9.17, 15) is 4.39 Å². The maximum absolute atomic E-state index is 13.1. The smallest absolute Gasteiger partial charge is 0.191 e. The summed E-state index contributed by atoms with van der Waals surface area (Å²) in [6.45, 7) is 0.985. The van der Waals surface area contributed by atoms with Crippen LogP contribution in [0.2, 0.25) is 5.02 Å². The molecule has 0 bridgehead atoms. The van der Waals surface area contributed by atoms with Crippen LogP contribution in [-0.4, -0.2) is 27.8 Å². The van der Waals surface area contributed by atoms with Gasteiger partial charge < -0.3 is 10.6 Å². The predicted molar refractivity (Wildman–Crippen MR) is 94.9 cm³/mol. The predicted octanol–water partition coefficient (Wildman–Crippen LogP) is 2.09. The van der Waals surface area contributed by atoms with Gasteiger partial charge in [-0.3, -0.25) is 9.67 Å². The van der Waals surface area contributed by atoms with Crippen molar-refractivity contribution in [2.24, 2.45) is 12.0 Å². The molecule has 0 aliphatic heterocycles. The van der Waals surface area contributed by atoms with E-state index in [1.165, 1.54) is 12.4 Å². The lowest BCUT2D eigenvalue weighted by Gasteiger charge is -2.11. The molecule has 1 aromatic heterocycles. The SMILES string of the molecule is CN=C(NCc1ccc(F)c(Cl)c1)NCc1ncnn1C.I. The Morgan fingerprint density at radius 1 is 1.36 bits per heavy atom. The molecule has 0 aliphatic carbocycles. The molecule has 0 spiro atoms. The summed E-state index contributed by atoms with van der Waals surface area (Å²) >= 11 is 5.74. The number of hydrogen-bond donors (Lipinski definition) is 2. The van der Waals surface area contributed by atoms with Crippen molar-refractivity contribution in [2.75, 3.05) is 7.05 Å². The highest BCUT2D eigenvalue weighted by Gasteiger charge is 2.04. The summed E-state index contributed by atoms with van der Waals surface area (Å²) in [5.74, 6) is 0.978. The average Bonchev–Trinajstić information content (AvgIpc) is 2.88. The lowest BCUT2D eigenvalue weighted by atomic mass is 10.2. The second kappa shape index (κ2) is 8.89. The van der Waals surface area contributed by atoms with Crippen LogP contribution in [-0.2, 0) is 20.1 Å². The molecule has 0 saturated heterocycles. The zero-order chi connectivity index (χ0) is 15.2. The Morgan fingerprint density at radius 3 is 2.68 bits per heavy atom. The Morgan fingerprint density at radius 2 is 2.09 bits per heavy atom. The van der Waals surface area contributed by atoms with Gasteiger partial charge in [-0.1, -0.05) is 17.7 Å². The van der Waals surface area contributed by atoms with Gasteiger partial charge in [0.2, 0.25) is 0 Å². The van der Waals surface area contributed by atoms with Gasteiger partial charge in [-0.05, 0) is 17.7 Å². The van der Waals surface area contributed by atoms with E-state index in [1.54, 1.807) is 23.9 Å². The second-order valence-corrected chi connectivity index (χ2v) is 4.73. The Labute approximate surface area is 150 Å². The van der Waals surface area contributed by atoms with Gasteiger partial charge in [0.25, 0.3) is 0 Å². The molecular formula is C13H17ClFIN6. The summed E-state index contributed by atoms with van der Waals surface area (Å²) in [6, 6.07) is 4.60.